The summed E-state index contributed by atoms with van der Waals surface area (Å²) in [5.41, 5.74) is 0. The average molecular weight is 286 g/mol. The van der Waals surface area contributed by atoms with Crippen LogP contribution in [0.4, 0.5) is 5.95 Å². The highest BCUT2D eigenvalue weighted by Gasteiger charge is 2.44. The van der Waals surface area contributed by atoms with Crippen LogP contribution in [0.2, 0.25) is 0 Å². The number of amides is 1. The van der Waals surface area contributed by atoms with E-state index in [9.17, 15) is 4.79 Å². The Balaban J connectivity index is 1.36. The number of nitrogens with zero attached hydrogens (tertiary/aromatic N) is 4. The minimum Gasteiger partial charge on any atom is -0.339 e. The largest absolute Gasteiger partial charge is 0.339 e. The number of carbonyl (C=O) groups excluding carboxylic acids is 1. The summed E-state index contributed by atoms with van der Waals surface area (Å²) < 4.78 is 0. The Bertz CT molecular complexity index is 512. The predicted octanol–water partition coefficient (Wildman–Crippen LogP) is 1.56. The maximum Gasteiger partial charge on any atom is 0.226 e. The number of rotatable bonds is 2. The van der Waals surface area contributed by atoms with Crippen LogP contribution in [0.15, 0.2) is 18.5 Å². The molecule has 112 valence electrons. The molecule has 5 nitrogen and oxygen atoms in total. The number of fused-ring (bicyclic) bond motifs is 2. The summed E-state index contributed by atoms with van der Waals surface area (Å²) in [4.78, 5) is 25.5. The van der Waals surface area contributed by atoms with Gasteiger partial charge in [-0.1, -0.05) is 6.42 Å². The zero-order valence-corrected chi connectivity index (χ0v) is 12.3. The van der Waals surface area contributed by atoms with Gasteiger partial charge in [0.05, 0.1) is 0 Å². The highest BCUT2D eigenvalue weighted by Crippen LogP contribution is 2.48. The second kappa shape index (κ2) is 5.28. The Morgan fingerprint density at radius 2 is 1.81 bits per heavy atom. The number of aromatic nitrogens is 2. The van der Waals surface area contributed by atoms with Crippen LogP contribution in [-0.2, 0) is 4.79 Å². The van der Waals surface area contributed by atoms with Crippen molar-refractivity contribution in [2.75, 3.05) is 31.1 Å². The zero-order valence-electron chi connectivity index (χ0n) is 12.3. The summed E-state index contributed by atoms with van der Waals surface area (Å²) in [6.45, 7) is 3.31. The van der Waals surface area contributed by atoms with Crippen molar-refractivity contribution in [3.8, 4) is 0 Å². The topological polar surface area (TPSA) is 49.3 Å². The van der Waals surface area contributed by atoms with Crippen molar-refractivity contribution in [2.45, 2.75) is 25.7 Å². The fourth-order valence-corrected chi connectivity index (χ4v) is 4.36. The van der Waals surface area contributed by atoms with Crippen molar-refractivity contribution in [1.29, 1.82) is 0 Å². The monoisotopic (exact) mass is 286 g/mol. The Kier molecular flexibility index (Phi) is 3.28. The molecule has 0 radical (unpaired) electrons. The van der Waals surface area contributed by atoms with Crippen LogP contribution in [-0.4, -0.2) is 47.0 Å². The van der Waals surface area contributed by atoms with Gasteiger partial charge in [0.25, 0.3) is 0 Å². The first-order valence-corrected chi connectivity index (χ1v) is 8.12. The molecule has 21 heavy (non-hydrogen) atoms. The highest BCUT2D eigenvalue weighted by atomic mass is 16.2. The maximum absolute atomic E-state index is 12.7. The van der Waals surface area contributed by atoms with E-state index in [1.807, 2.05) is 6.07 Å². The van der Waals surface area contributed by atoms with E-state index in [4.69, 9.17) is 0 Å². The van der Waals surface area contributed by atoms with Crippen molar-refractivity contribution in [1.82, 2.24) is 14.9 Å². The minimum atomic E-state index is 0.322. The van der Waals surface area contributed by atoms with Gasteiger partial charge in [-0.15, -0.1) is 0 Å². The predicted molar refractivity (Wildman–Crippen MR) is 79.8 cm³/mol. The standard InChI is InChI=1S/C16H22N4O/c21-15(14-11-12-2-3-13(14)10-12)19-6-8-20(9-7-19)16-17-4-1-5-18-16/h1,4-5,12-14H,2-3,6-11H2. The first-order chi connectivity index (χ1) is 10.3. The van der Waals surface area contributed by atoms with Crippen molar-refractivity contribution >= 4 is 11.9 Å². The molecule has 1 aromatic rings. The number of anilines is 1. The van der Waals surface area contributed by atoms with Gasteiger partial charge in [-0.2, -0.15) is 0 Å². The summed E-state index contributed by atoms with van der Waals surface area (Å²) in [5.74, 6) is 3.03. The molecule has 4 rings (SSSR count). The summed E-state index contributed by atoms with van der Waals surface area (Å²) in [6, 6.07) is 1.83. The van der Waals surface area contributed by atoms with Gasteiger partial charge in [0.1, 0.15) is 0 Å². The smallest absolute Gasteiger partial charge is 0.226 e. The van der Waals surface area contributed by atoms with E-state index in [1.54, 1.807) is 12.4 Å². The highest BCUT2D eigenvalue weighted by molar-refractivity contribution is 5.80. The second-order valence-corrected chi connectivity index (χ2v) is 6.64. The Morgan fingerprint density at radius 1 is 1.05 bits per heavy atom. The van der Waals surface area contributed by atoms with Crippen LogP contribution >= 0.6 is 0 Å². The molecule has 0 aromatic carbocycles. The van der Waals surface area contributed by atoms with Gasteiger partial charge in [0, 0.05) is 44.5 Å². The molecule has 3 aliphatic rings. The van der Waals surface area contributed by atoms with Crippen LogP contribution in [0.5, 0.6) is 0 Å². The van der Waals surface area contributed by atoms with Gasteiger partial charge in [-0.05, 0) is 37.2 Å². The lowest BCUT2D eigenvalue weighted by molar-refractivity contribution is -0.137. The average Bonchev–Trinajstić information content (AvgIpc) is 3.18. The molecule has 1 aromatic heterocycles. The van der Waals surface area contributed by atoms with E-state index in [2.05, 4.69) is 19.8 Å². The molecule has 2 bridgehead atoms. The lowest BCUT2D eigenvalue weighted by Crippen LogP contribution is -2.51. The Hall–Kier alpha value is -1.65. The van der Waals surface area contributed by atoms with Gasteiger partial charge in [-0.25, -0.2) is 9.97 Å². The third kappa shape index (κ3) is 2.39. The molecule has 3 atom stereocenters. The molecule has 0 N–H and O–H groups in total. The SMILES string of the molecule is O=C(C1CC2CCC1C2)N1CCN(c2ncccn2)CC1. The van der Waals surface area contributed by atoms with Gasteiger partial charge in [0.15, 0.2) is 0 Å². The molecular weight excluding hydrogens is 264 g/mol. The van der Waals surface area contributed by atoms with Gasteiger partial charge < -0.3 is 9.80 Å². The molecule has 5 heteroatoms. The van der Waals surface area contributed by atoms with E-state index in [0.717, 1.165) is 44.5 Å². The molecule has 1 amide bonds. The maximum atomic E-state index is 12.7. The van der Waals surface area contributed by atoms with Crippen LogP contribution in [0.25, 0.3) is 0 Å². The summed E-state index contributed by atoms with van der Waals surface area (Å²) in [7, 11) is 0. The van der Waals surface area contributed by atoms with E-state index in [-0.39, 0.29) is 0 Å². The molecular formula is C16H22N4O. The van der Waals surface area contributed by atoms with Gasteiger partial charge in [-0.3, -0.25) is 4.79 Å². The fraction of sp³-hybridized carbons (Fsp3) is 0.688. The number of hydrogen-bond acceptors (Lipinski definition) is 4. The van der Waals surface area contributed by atoms with E-state index in [0.29, 0.717) is 17.7 Å². The first kappa shape index (κ1) is 13.0. The van der Waals surface area contributed by atoms with Gasteiger partial charge in [0.2, 0.25) is 11.9 Å². The van der Waals surface area contributed by atoms with Crippen LogP contribution < -0.4 is 4.90 Å². The zero-order chi connectivity index (χ0) is 14.2. The van der Waals surface area contributed by atoms with Crippen LogP contribution in [0.3, 0.4) is 0 Å². The normalized spacial score (nSPS) is 31.7. The summed E-state index contributed by atoms with van der Waals surface area (Å²) >= 11 is 0. The quantitative estimate of drug-likeness (QED) is 0.828. The van der Waals surface area contributed by atoms with Crippen molar-refractivity contribution in [3.63, 3.8) is 0 Å². The first-order valence-electron chi connectivity index (χ1n) is 8.12. The number of carbonyl (C=O) groups is 1. The molecule has 2 heterocycles. The summed E-state index contributed by atoms with van der Waals surface area (Å²) in [6.07, 6.45) is 8.62. The van der Waals surface area contributed by atoms with Crippen molar-refractivity contribution in [2.24, 2.45) is 17.8 Å². The van der Waals surface area contributed by atoms with Gasteiger partial charge >= 0.3 is 0 Å². The molecule has 1 saturated heterocycles. The molecule has 2 saturated carbocycles. The molecule has 0 spiro atoms. The third-order valence-corrected chi connectivity index (χ3v) is 5.48. The minimum absolute atomic E-state index is 0.322. The number of hydrogen-bond donors (Lipinski definition) is 0. The molecule has 3 fully saturated rings. The van der Waals surface area contributed by atoms with Crippen molar-refractivity contribution in [3.05, 3.63) is 18.5 Å². The molecule has 2 aliphatic carbocycles. The van der Waals surface area contributed by atoms with Crippen molar-refractivity contribution < 1.29 is 4.79 Å². The fourth-order valence-electron chi connectivity index (χ4n) is 4.36. The summed E-state index contributed by atoms with van der Waals surface area (Å²) in [5, 5.41) is 0. The second-order valence-electron chi connectivity index (χ2n) is 6.64. The number of piperazine rings is 1. The Labute approximate surface area is 125 Å². The van der Waals surface area contributed by atoms with E-state index >= 15 is 0 Å². The lowest BCUT2D eigenvalue weighted by Gasteiger charge is -2.37. The van der Waals surface area contributed by atoms with E-state index < -0.39 is 0 Å². The molecule has 3 unspecified atom stereocenters. The van der Waals surface area contributed by atoms with Crippen LogP contribution in [0.1, 0.15) is 25.7 Å². The van der Waals surface area contributed by atoms with Crippen LogP contribution in [0, 0.1) is 17.8 Å². The Morgan fingerprint density at radius 3 is 2.43 bits per heavy atom. The lowest BCUT2D eigenvalue weighted by atomic mass is 9.87. The van der Waals surface area contributed by atoms with E-state index in [1.165, 1.54) is 19.3 Å². The third-order valence-electron chi connectivity index (χ3n) is 5.48. The molecule has 1 aliphatic heterocycles.